The van der Waals surface area contributed by atoms with Gasteiger partial charge < -0.3 is 19.9 Å². The van der Waals surface area contributed by atoms with E-state index in [2.05, 4.69) is 4.79 Å². The number of allylic oxidation sites excluding steroid dienone is 1. The standard InChI is InChI=1S/C16H10N2O6S/c17-18-14-5-4-12-13(16(14)21)2-1-3-15(12)25(22,23)24-11-7-9(19)6-10(20)8-11/h1-8,19-20H. The Bertz CT molecular complexity index is 1060. The topological polar surface area (TPSA) is 137 Å². The number of ketones is 1. The highest BCUT2D eigenvalue weighted by atomic mass is 32.2. The van der Waals surface area contributed by atoms with Crippen LogP contribution in [0.2, 0.25) is 0 Å². The molecule has 0 unspecified atom stereocenters. The van der Waals surface area contributed by atoms with Crippen LogP contribution in [0.15, 0.2) is 47.4 Å². The summed E-state index contributed by atoms with van der Waals surface area (Å²) in [6.45, 7) is 0. The molecule has 0 atom stereocenters. The Balaban J connectivity index is 2.09. The summed E-state index contributed by atoms with van der Waals surface area (Å²) in [5.41, 5.74) is 8.69. The van der Waals surface area contributed by atoms with E-state index in [1.165, 1.54) is 30.4 Å². The molecule has 3 rings (SSSR count). The highest BCUT2D eigenvalue weighted by molar-refractivity contribution is 7.87. The van der Waals surface area contributed by atoms with Crippen LogP contribution in [0.5, 0.6) is 17.2 Å². The Labute approximate surface area is 142 Å². The van der Waals surface area contributed by atoms with Gasteiger partial charge >= 0.3 is 15.8 Å². The average molecular weight is 358 g/mol. The quantitative estimate of drug-likeness (QED) is 0.487. The van der Waals surface area contributed by atoms with Crippen molar-refractivity contribution >= 4 is 27.7 Å². The van der Waals surface area contributed by atoms with Gasteiger partial charge in [0, 0.05) is 35.4 Å². The van der Waals surface area contributed by atoms with Crippen molar-refractivity contribution in [1.29, 1.82) is 0 Å². The molecule has 2 aromatic carbocycles. The smallest absolute Gasteiger partial charge is 0.362 e. The van der Waals surface area contributed by atoms with Gasteiger partial charge in [-0.05, 0) is 12.1 Å². The number of hydrogen-bond donors (Lipinski definition) is 2. The van der Waals surface area contributed by atoms with E-state index in [9.17, 15) is 23.4 Å². The first-order valence-electron chi connectivity index (χ1n) is 6.87. The second-order valence-corrected chi connectivity index (χ2v) is 6.60. The van der Waals surface area contributed by atoms with E-state index in [1.807, 2.05) is 0 Å². The van der Waals surface area contributed by atoms with Crippen LogP contribution in [0.25, 0.3) is 11.6 Å². The molecule has 0 bridgehead atoms. The number of phenolic OH excluding ortho intramolecular Hbond substituents is 2. The van der Waals surface area contributed by atoms with Gasteiger partial charge in [0.15, 0.2) is 0 Å². The molecule has 0 aromatic heterocycles. The number of nitrogens with zero attached hydrogens (tertiary/aromatic N) is 2. The van der Waals surface area contributed by atoms with Crippen LogP contribution in [-0.4, -0.2) is 34.9 Å². The van der Waals surface area contributed by atoms with Crippen molar-refractivity contribution in [3.8, 4) is 17.2 Å². The van der Waals surface area contributed by atoms with Crippen molar-refractivity contribution in [3.63, 3.8) is 0 Å². The van der Waals surface area contributed by atoms with Gasteiger partial charge in [-0.25, -0.2) is 0 Å². The van der Waals surface area contributed by atoms with E-state index in [-0.39, 0.29) is 39.0 Å². The molecule has 25 heavy (non-hydrogen) atoms. The predicted molar refractivity (Wildman–Crippen MR) is 86.0 cm³/mol. The second-order valence-electron chi connectivity index (χ2n) is 5.09. The van der Waals surface area contributed by atoms with Crippen LogP contribution in [0, 0.1) is 0 Å². The summed E-state index contributed by atoms with van der Waals surface area (Å²) >= 11 is 0. The number of phenols is 2. The Morgan fingerprint density at radius 2 is 1.72 bits per heavy atom. The van der Waals surface area contributed by atoms with E-state index < -0.39 is 15.9 Å². The fraction of sp³-hybridized carbons (Fsp3) is 0. The number of carbonyl (C=O) groups is 1. The van der Waals surface area contributed by atoms with E-state index in [0.717, 1.165) is 18.2 Å². The number of aromatic hydroxyl groups is 2. The molecule has 2 aromatic rings. The van der Waals surface area contributed by atoms with Crippen molar-refractivity contribution in [3.05, 3.63) is 59.1 Å². The Kier molecular flexibility index (Phi) is 3.88. The van der Waals surface area contributed by atoms with Crippen LogP contribution in [-0.2, 0) is 10.1 Å². The summed E-state index contributed by atoms with van der Waals surface area (Å²) in [5.74, 6) is -1.68. The lowest BCUT2D eigenvalue weighted by Gasteiger charge is -2.13. The summed E-state index contributed by atoms with van der Waals surface area (Å²) in [7, 11) is -4.36. The van der Waals surface area contributed by atoms with Crippen LogP contribution in [0.1, 0.15) is 15.9 Å². The lowest BCUT2D eigenvalue weighted by molar-refractivity contribution is -0.00436. The molecule has 0 fully saturated rings. The minimum atomic E-state index is -4.36. The van der Waals surface area contributed by atoms with Crippen molar-refractivity contribution in [2.45, 2.75) is 4.90 Å². The maximum absolute atomic E-state index is 12.5. The highest BCUT2D eigenvalue weighted by Gasteiger charge is 2.31. The van der Waals surface area contributed by atoms with Gasteiger partial charge in [-0.2, -0.15) is 13.2 Å². The van der Waals surface area contributed by atoms with E-state index in [0.29, 0.717) is 0 Å². The van der Waals surface area contributed by atoms with Gasteiger partial charge in [-0.1, -0.05) is 12.1 Å². The summed E-state index contributed by atoms with van der Waals surface area (Å²) < 4.78 is 30.0. The molecule has 0 saturated heterocycles. The third-order valence-electron chi connectivity index (χ3n) is 3.41. The Morgan fingerprint density at radius 1 is 1.04 bits per heavy atom. The monoisotopic (exact) mass is 358 g/mol. The van der Waals surface area contributed by atoms with Gasteiger partial charge in [0.05, 0.1) is 0 Å². The molecule has 126 valence electrons. The Hall–Kier alpha value is -3.42. The van der Waals surface area contributed by atoms with Crippen molar-refractivity contribution in [1.82, 2.24) is 0 Å². The molecule has 1 aliphatic carbocycles. The van der Waals surface area contributed by atoms with Crippen molar-refractivity contribution < 1.29 is 32.4 Å². The van der Waals surface area contributed by atoms with Gasteiger partial charge in [-0.15, -0.1) is 0 Å². The molecular weight excluding hydrogens is 348 g/mol. The third kappa shape index (κ3) is 3.01. The molecule has 0 aliphatic heterocycles. The second kappa shape index (κ2) is 5.90. The number of carbonyl (C=O) groups excluding carboxylic acids is 1. The van der Waals surface area contributed by atoms with E-state index in [4.69, 9.17) is 9.71 Å². The number of fused-ring (bicyclic) bond motifs is 1. The van der Waals surface area contributed by atoms with Gasteiger partial charge in [0.1, 0.15) is 22.1 Å². The molecule has 0 spiro atoms. The molecule has 0 radical (unpaired) electrons. The zero-order chi connectivity index (χ0) is 18.2. The molecule has 0 amide bonds. The normalized spacial score (nSPS) is 13.3. The molecule has 1 aliphatic rings. The number of benzene rings is 2. The summed E-state index contributed by atoms with van der Waals surface area (Å²) in [4.78, 5) is 14.7. The van der Waals surface area contributed by atoms with Crippen molar-refractivity contribution in [2.24, 2.45) is 0 Å². The van der Waals surface area contributed by atoms with Gasteiger partial charge in [0.2, 0.25) is 0 Å². The maximum atomic E-state index is 12.5. The molecule has 0 heterocycles. The minimum Gasteiger partial charge on any atom is -0.508 e. The first-order valence-corrected chi connectivity index (χ1v) is 8.28. The summed E-state index contributed by atoms with van der Waals surface area (Å²) in [6.07, 6.45) is 2.51. The van der Waals surface area contributed by atoms with Crippen LogP contribution < -0.4 is 4.18 Å². The predicted octanol–water partition coefficient (Wildman–Crippen LogP) is 1.75. The number of Topliss-reactive ketones (excluding diaryl/α,β-unsaturated/α-hetero) is 1. The lowest BCUT2D eigenvalue weighted by Crippen LogP contribution is -2.20. The highest BCUT2D eigenvalue weighted by Crippen LogP contribution is 2.31. The molecule has 8 nitrogen and oxygen atoms in total. The molecule has 9 heteroatoms. The zero-order valence-electron chi connectivity index (χ0n) is 12.4. The van der Waals surface area contributed by atoms with E-state index >= 15 is 0 Å². The number of hydrogen-bond acceptors (Lipinski definition) is 6. The summed E-state index contributed by atoms with van der Waals surface area (Å²) in [5, 5.41) is 18.8. The van der Waals surface area contributed by atoms with Crippen LogP contribution in [0.3, 0.4) is 0 Å². The van der Waals surface area contributed by atoms with Crippen molar-refractivity contribution in [2.75, 3.05) is 0 Å². The molecular formula is C16H10N2O6S. The average Bonchev–Trinajstić information content (AvgIpc) is 2.53. The summed E-state index contributed by atoms with van der Waals surface area (Å²) in [6, 6.07) is 7.04. The Morgan fingerprint density at radius 3 is 2.36 bits per heavy atom. The zero-order valence-corrected chi connectivity index (χ0v) is 13.3. The van der Waals surface area contributed by atoms with E-state index in [1.54, 1.807) is 0 Å². The van der Waals surface area contributed by atoms with Crippen LogP contribution >= 0.6 is 0 Å². The molecule has 0 saturated carbocycles. The van der Waals surface area contributed by atoms with Crippen LogP contribution in [0.4, 0.5) is 0 Å². The molecule has 2 N–H and O–H groups in total. The maximum Gasteiger partial charge on any atom is 0.362 e. The lowest BCUT2D eigenvalue weighted by atomic mass is 9.95. The fourth-order valence-electron chi connectivity index (χ4n) is 2.37. The SMILES string of the molecule is [N-]=[N+]=C1C=Cc2c(cccc2S(=O)(=O)Oc2cc(O)cc(O)c2)C1=O. The van der Waals surface area contributed by atoms with Gasteiger partial charge in [0.25, 0.3) is 5.78 Å². The first-order chi connectivity index (χ1) is 11.8. The first kappa shape index (κ1) is 16.4. The number of rotatable bonds is 3. The fourth-order valence-corrected chi connectivity index (χ4v) is 3.51. The largest absolute Gasteiger partial charge is 0.508 e. The minimum absolute atomic E-state index is 0.0405. The third-order valence-corrected chi connectivity index (χ3v) is 4.72. The van der Waals surface area contributed by atoms with Gasteiger partial charge in [-0.3, -0.25) is 4.79 Å².